The molecule has 110 valence electrons. The zero-order valence-corrected chi connectivity index (χ0v) is 13.5. The van der Waals surface area contributed by atoms with Crippen molar-refractivity contribution in [2.75, 3.05) is 24.3 Å². The molecule has 0 fully saturated rings. The SMILES string of the molecule is COc1cc(Br)cc(C)c1NC(=O)CNc1ccccc1. The number of halogens is 1. The predicted octanol–water partition coefficient (Wildman–Crippen LogP) is 3.82. The first-order valence-corrected chi connectivity index (χ1v) is 7.32. The second-order valence-electron chi connectivity index (χ2n) is 4.57. The van der Waals surface area contributed by atoms with Gasteiger partial charge in [-0.3, -0.25) is 4.79 Å². The number of hydrogen-bond donors (Lipinski definition) is 2. The zero-order valence-electron chi connectivity index (χ0n) is 11.9. The van der Waals surface area contributed by atoms with Crippen molar-refractivity contribution in [2.45, 2.75) is 6.92 Å². The largest absolute Gasteiger partial charge is 0.495 e. The highest BCUT2D eigenvalue weighted by Gasteiger charge is 2.11. The third-order valence-corrected chi connectivity index (χ3v) is 3.43. The molecule has 2 N–H and O–H groups in total. The number of nitrogens with one attached hydrogen (secondary N) is 2. The van der Waals surface area contributed by atoms with Crippen LogP contribution in [-0.4, -0.2) is 19.6 Å². The summed E-state index contributed by atoms with van der Waals surface area (Å²) in [4.78, 5) is 12.1. The van der Waals surface area contributed by atoms with Crippen LogP contribution in [0.15, 0.2) is 46.9 Å². The molecule has 0 aliphatic rings. The maximum atomic E-state index is 12.1. The minimum Gasteiger partial charge on any atom is -0.495 e. The Kier molecular flexibility index (Phi) is 5.22. The number of rotatable bonds is 5. The van der Waals surface area contributed by atoms with Crippen LogP contribution in [0, 0.1) is 6.92 Å². The summed E-state index contributed by atoms with van der Waals surface area (Å²) in [5.41, 5.74) is 2.54. The van der Waals surface area contributed by atoms with Gasteiger partial charge in [-0.15, -0.1) is 0 Å². The summed E-state index contributed by atoms with van der Waals surface area (Å²) in [5.74, 6) is 0.512. The molecular weight excluding hydrogens is 332 g/mol. The quantitative estimate of drug-likeness (QED) is 0.863. The number of carbonyl (C=O) groups excluding carboxylic acids is 1. The maximum Gasteiger partial charge on any atom is 0.243 e. The minimum absolute atomic E-state index is 0.123. The van der Waals surface area contributed by atoms with Crippen molar-refractivity contribution >= 4 is 33.2 Å². The number of ether oxygens (including phenoxy) is 1. The van der Waals surface area contributed by atoms with Crippen LogP contribution in [0.4, 0.5) is 11.4 Å². The average molecular weight is 349 g/mol. The molecule has 0 radical (unpaired) electrons. The summed E-state index contributed by atoms with van der Waals surface area (Å²) in [6.45, 7) is 2.12. The summed E-state index contributed by atoms with van der Waals surface area (Å²) >= 11 is 3.41. The van der Waals surface area contributed by atoms with E-state index in [0.717, 1.165) is 15.7 Å². The summed E-state index contributed by atoms with van der Waals surface area (Å²) in [6.07, 6.45) is 0. The second-order valence-corrected chi connectivity index (χ2v) is 5.48. The third kappa shape index (κ3) is 4.23. The van der Waals surface area contributed by atoms with Crippen LogP contribution in [0.25, 0.3) is 0 Å². The van der Waals surface area contributed by atoms with E-state index in [1.807, 2.05) is 49.4 Å². The number of hydrogen-bond acceptors (Lipinski definition) is 3. The lowest BCUT2D eigenvalue weighted by molar-refractivity contribution is -0.114. The van der Waals surface area contributed by atoms with Crippen LogP contribution in [0.2, 0.25) is 0 Å². The van der Waals surface area contributed by atoms with Gasteiger partial charge in [0.05, 0.1) is 19.3 Å². The number of carbonyl (C=O) groups is 1. The standard InChI is InChI=1S/C16H17BrN2O2/c1-11-8-12(17)9-14(21-2)16(11)19-15(20)10-18-13-6-4-3-5-7-13/h3-9,18H,10H2,1-2H3,(H,19,20). The monoisotopic (exact) mass is 348 g/mol. The van der Waals surface area contributed by atoms with Crippen molar-refractivity contribution in [1.29, 1.82) is 0 Å². The van der Waals surface area contributed by atoms with Crippen molar-refractivity contribution in [3.05, 3.63) is 52.5 Å². The first kappa shape index (κ1) is 15.4. The van der Waals surface area contributed by atoms with Crippen molar-refractivity contribution in [1.82, 2.24) is 0 Å². The van der Waals surface area contributed by atoms with Gasteiger partial charge in [0.15, 0.2) is 0 Å². The van der Waals surface area contributed by atoms with Gasteiger partial charge in [0.2, 0.25) is 5.91 Å². The van der Waals surface area contributed by atoms with E-state index in [0.29, 0.717) is 11.4 Å². The van der Waals surface area contributed by atoms with Gasteiger partial charge in [-0.1, -0.05) is 34.1 Å². The molecule has 0 spiro atoms. The first-order chi connectivity index (χ1) is 10.1. The van der Waals surface area contributed by atoms with E-state index < -0.39 is 0 Å². The first-order valence-electron chi connectivity index (χ1n) is 6.53. The fourth-order valence-electron chi connectivity index (χ4n) is 1.96. The molecule has 1 amide bonds. The molecule has 0 aliphatic heterocycles. The number of amides is 1. The summed E-state index contributed by atoms with van der Waals surface area (Å²) in [5, 5.41) is 5.95. The Bertz CT molecular complexity index is 630. The lowest BCUT2D eigenvalue weighted by Gasteiger charge is -2.14. The zero-order chi connectivity index (χ0) is 15.2. The van der Waals surface area contributed by atoms with Gasteiger partial charge in [0, 0.05) is 10.2 Å². The van der Waals surface area contributed by atoms with E-state index in [4.69, 9.17) is 4.74 Å². The van der Waals surface area contributed by atoms with Crippen molar-refractivity contribution in [3.63, 3.8) is 0 Å². The molecule has 0 bridgehead atoms. The second kappa shape index (κ2) is 7.13. The van der Waals surface area contributed by atoms with Gasteiger partial charge in [-0.25, -0.2) is 0 Å². The molecule has 0 saturated heterocycles. The van der Waals surface area contributed by atoms with Crippen LogP contribution >= 0.6 is 15.9 Å². The summed E-state index contributed by atoms with van der Waals surface area (Å²) in [7, 11) is 1.58. The van der Waals surface area contributed by atoms with Crippen molar-refractivity contribution < 1.29 is 9.53 Å². The molecule has 0 heterocycles. The molecule has 0 aliphatic carbocycles. The number of para-hydroxylation sites is 1. The lowest BCUT2D eigenvalue weighted by atomic mass is 10.2. The fraction of sp³-hybridized carbons (Fsp3) is 0.188. The molecule has 2 rings (SSSR count). The van der Waals surface area contributed by atoms with Gasteiger partial charge in [0.25, 0.3) is 0 Å². The number of benzene rings is 2. The Morgan fingerprint density at radius 2 is 1.95 bits per heavy atom. The van der Waals surface area contributed by atoms with Crippen LogP contribution < -0.4 is 15.4 Å². The van der Waals surface area contributed by atoms with E-state index in [2.05, 4.69) is 26.6 Å². The van der Waals surface area contributed by atoms with Crippen LogP contribution in [0.3, 0.4) is 0 Å². The third-order valence-electron chi connectivity index (χ3n) is 2.98. The highest BCUT2D eigenvalue weighted by molar-refractivity contribution is 9.10. The van der Waals surface area contributed by atoms with Gasteiger partial charge >= 0.3 is 0 Å². The molecule has 0 unspecified atom stereocenters. The van der Waals surface area contributed by atoms with Gasteiger partial charge in [0.1, 0.15) is 5.75 Å². The Balaban J connectivity index is 2.03. The van der Waals surface area contributed by atoms with E-state index in [1.165, 1.54) is 0 Å². The van der Waals surface area contributed by atoms with E-state index in [1.54, 1.807) is 7.11 Å². The molecule has 5 heteroatoms. The lowest BCUT2D eigenvalue weighted by Crippen LogP contribution is -2.22. The molecule has 21 heavy (non-hydrogen) atoms. The fourth-order valence-corrected chi connectivity index (χ4v) is 2.51. The minimum atomic E-state index is -0.123. The number of anilines is 2. The van der Waals surface area contributed by atoms with E-state index in [9.17, 15) is 4.79 Å². The number of methoxy groups -OCH3 is 1. The Morgan fingerprint density at radius 3 is 2.62 bits per heavy atom. The molecule has 0 saturated carbocycles. The summed E-state index contributed by atoms with van der Waals surface area (Å²) < 4.78 is 6.22. The highest BCUT2D eigenvalue weighted by atomic mass is 79.9. The topological polar surface area (TPSA) is 50.4 Å². The smallest absolute Gasteiger partial charge is 0.243 e. The van der Waals surface area contributed by atoms with Crippen LogP contribution in [0.1, 0.15) is 5.56 Å². The molecule has 2 aromatic carbocycles. The Labute approximate surface area is 132 Å². The van der Waals surface area contributed by atoms with Gasteiger partial charge in [-0.2, -0.15) is 0 Å². The normalized spacial score (nSPS) is 10.0. The average Bonchev–Trinajstić information content (AvgIpc) is 2.48. The predicted molar refractivity (Wildman–Crippen MR) is 89.0 cm³/mol. The van der Waals surface area contributed by atoms with Crippen molar-refractivity contribution in [3.8, 4) is 5.75 Å². The number of aryl methyl sites for hydroxylation is 1. The summed E-state index contributed by atoms with van der Waals surface area (Å²) in [6, 6.07) is 13.4. The van der Waals surface area contributed by atoms with E-state index >= 15 is 0 Å². The highest BCUT2D eigenvalue weighted by Crippen LogP contribution is 2.31. The van der Waals surface area contributed by atoms with Crippen molar-refractivity contribution in [2.24, 2.45) is 0 Å². The molecule has 4 nitrogen and oxygen atoms in total. The molecular formula is C16H17BrN2O2. The van der Waals surface area contributed by atoms with E-state index in [-0.39, 0.29) is 12.5 Å². The van der Waals surface area contributed by atoms with Gasteiger partial charge < -0.3 is 15.4 Å². The maximum absolute atomic E-state index is 12.1. The Morgan fingerprint density at radius 1 is 1.24 bits per heavy atom. The van der Waals surface area contributed by atoms with Crippen LogP contribution in [0.5, 0.6) is 5.75 Å². The molecule has 0 atom stereocenters. The molecule has 2 aromatic rings. The van der Waals surface area contributed by atoms with Gasteiger partial charge in [-0.05, 0) is 36.8 Å². The molecule has 0 aromatic heterocycles. The van der Waals surface area contributed by atoms with Crippen LogP contribution in [-0.2, 0) is 4.79 Å². The Hall–Kier alpha value is -2.01.